The lowest BCUT2D eigenvalue weighted by molar-refractivity contribution is 0.103. The molecule has 30 heavy (non-hydrogen) atoms. The molecule has 1 aliphatic rings. The summed E-state index contributed by atoms with van der Waals surface area (Å²) >= 11 is 0. The lowest BCUT2D eigenvalue weighted by Gasteiger charge is -2.29. The molecule has 1 aliphatic carbocycles. The molecule has 0 radical (unpaired) electrons. The van der Waals surface area contributed by atoms with Crippen molar-refractivity contribution in [3.8, 4) is 5.75 Å². The first-order valence-corrected chi connectivity index (χ1v) is 10.4. The van der Waals surface area contributed by atoms with Crippen molar-refractivity contribution in [3.05, 3.63) is 78.2 Å². The van der Waals surface area contributed by atoms with Crippen molar-refractivity contribution < 1.29 is 9.84 Å². The largest absolute Gasteiger partial charge is 0.497 e. The second-order valence-electron chi connectivity index (χ2n) is 7.83. The molecule has 0 fully saturated rings. The molecule has 2 aromatic rings. The Bertz CT molecular complexity index is 900. The molecule has 2 unspecified atom stereocenters. The Morgan fingerprint density at radius 2 is 1.90 bits per heavy atom. The van der Waals surface area contributed by atoms with Gasteiger partial charge in [-0.3, -0.25) is 9.98 Å². The second-order valence-corrected chi connectivity index (χ2v) is 7.83. The topological polar surface area (TPSA) is 66.7 Å². The number of aliphatic imine (C=N–C) groups is 1. The fourth-order valence-electron chi connectivity index (χ4n) is 3.52. The van der Waals surface area contributed by atoms with Crippen molar-refractivity contribution in [2.75, 3.05) is 25.5 Å². The third-order valence-corrected chi connectivity index (χ3v) is 5.39. The van der Waals surface area contributed by atoms with Gasteiger partial charge < -0.3 is 15.2 Å². The maximum absolute atomic E-state index is 11.5. The highest BCUT2D eigenvalue weighted by atomic mass is 16.5. The number of aromatic nitrogens is 1. The molecule has 0 aliphatic heterocycles. The predicted octanol–water partition coefficient (Wildman–Crippen LogP) is 4.76. The van der Waals surface area contributed by atoms with Gasteiger partial charge in [0.05, 0.1) is 19.4 Å². The zero-order valence-corrected chi connectivity index (χ0v) is 18.0. The minimum Gasteiger partial charge on any atom is -0.497 e. The van der Waals surface area contributed by atoms with Crippen LogP contribution in [0.25, 0.3) is 0 Å². The number of ether oxygens (including phenoxy) is 1. The third kappa shape index (κ3) is 5.57. The first-order chi connectivity index (χ1) is 14.5. The Balaban J connectivity index is 1.82. The summed E-state index contributed by atoms with van der Waals surface area (Å²) in [5.41, 5.74) is 2.37. The highest BCUT2D eigenvalue weighted by Crippen LogP contribution is 2.33. The average molecular weight is 406 g/mol. The van der Waals surface area contributed by atoms with Crippen molar-refractivity contribution in [2.45, 2.75) is 32.3 Å². The number of nitrogens with one attached hydrogen (secondary N) is 1. The number of hydrogen-bond donors (Lipinski definition) is 2. The minimum atomic E-state index is -1.15. The summed E-state index contributed by atoms with van der Waals surface area (Å²) in [6, 6.07) is 11.4. The van der Waals surface area contributed by atoms with Gasteiger partial charge in [0.25, 0.3) is 0 Å². The lowest BCUT2D eigenvalue weighted by atomic mass is 9.82. The Kier molecular flexibility index (Phi) is 7.41. The molecule has 0 bridgehead atoms. The summed E-state index contributed by atoms with van der Waals surface area (Å²) in [5.74, 6) is 1.30. The lowest BCUT2D eigenvalue weighted by Crippen LogP contribution is -2.29. The monoisotopic (exact) mass is 405 g/mol. The first-order valence-electron chi connectivity index (χ1n) is 10.4. The van der Waals surface area contributed by atoms with E-state index in [2.05, 4.69) is 29.4 Å². The number of aliphatic hydroxyl groups is 1. The molecule has 3 rings (SSSR count). The zero-order valence-electron chi connectivity index (χ0n) is 18.0. The van der Waals surface area contributed by atoms with Crippen molar-refractivity contribution in [3.63, 3.8) is 0 Å². The smallest absolute Gasteiger partial charge is 0.118 e. The van der Waals surface area contributed by atoms with Gasteiger partial charge in [0.2, 0.25) is 0 Å². The van der Waals surface area contributed by atoms with Gasteiger partial charge in [-0.05, 0) is 61.6 Å². The van der Waals surface area contributed by atoms with E-state index in [0.29, 0.717) is 19.0 Å². The van der Waals surface area contributed by atoms with Crippen LogP contribution in [0.4, 0.5) is 5.69 Å². The molecular formula is C25H31N3O2. The van der Waals surface area contributed by atoms with Gasteiger partial charge in [-0.1, -0.05) is 31.2 Å². The summed E-state index contributed by atoms with van der Waals surface area (Å²) in [6.07, 6.45) is 11.8. The highest BCUT2D eigenvalue weighted by molar-refractivity contribution is 6.09. The van der Waals surface area contributed by atoms with Crippen LogP contribution in [0.5, 0.6) is 5.75 Å². The number of hydrogen-bond acceptors (Lipinski definition) is 5. The molecule has 0 amide bonds. The zero-order chi connectivity index (χ0) is 21.4. The summed E-state index contributed by atoms with van der Waals surface area (Å²) in [7, 11) is 1.64. The van der Waals surface area contributed by atoms with Gasteiger partial charge in [-0.25, -0.2) is 0 Å². The number of anilines is 1. The van der Waals surface area contributed by atoms with E-state index in [-0.39, 0.29) is 0 Å². The molecule has 1 heterocycles. The highest BCUT2D eigenvalue weighted by Gasteiger charge is 2.31. The van der Waals surface area contributed by atoms with E-state index < -0.39 is 5.60 Å². The van der Waals surface area contributed by atoms with Crippen LogP contribution in [0.3, 0.4) is 0 Å². The maximum atomic E-state index is 11.5. The average Bonchev–Trinajstić information content (AvgIpc) is 2.75. The van der Waals surface area contributed by atoms with Crippen LogP contribution in [0.1, 0.15) is 32.3 Å². The van der Waals surface area contributed by atoms with Crippen LogP contribution in [-0.2, 0) is 5.60 Å². The predicted molar refractivity (Wildman–Crippen MR) is 123 cm³/mol. The molecule has 0 spiro atoms. The van der Waals surface area contributed by atoms with Gasteiger partial charge in [0.15, 0.2) is 0 Å². The quantitative estimate of drug-likeness (QED) is 0.652. The van der Waals surface area contributed by atoms with Crippen LogP contribution in [-0.4, -0.2) is 36.0 Å². The van der Waals surface area contributed by atoms with E-state index in [0.717, 1.165) is 41.1 Å². The van der Waals surface area contributed by atoms with E-state index in [1.807, 2.05) is 49.4 Å². The fourth-order valence-corrected chi connectivity index (χ4v) is 3.52. The molecular weight excluding hydrogens is 374 g/mol. The molecule has 5 heteroatoms. The van der Waals surface area contributed by atoms with Crippen molar-refractivity contribution in [2.24, 2.45) is 10.9 Å². The van der Waals surface area contributed by atoms with Gasteiger partial charge in [-0.15, -0.1) is 0 Å². The standard InChI is InChI=1S/C25H31N3O2/c1-19-5-4-6-24(28-18-17-27-21-13-15-26-16-14-21)23(12-7-19)25(2,29)20-8-10-22(30-3)11-9-20/h4,6,8-16,19,29H,5,7,17-18H2,1-3H3,(H,26,27)/b6-4-,23-12-,28-24?. The molecule has 0 saturated carbocycles. The third-order valence-electron chi connectivity index (χ3n) is 5.39. The molecule has 2 atom stereocenters. The normalized spacial score (nSPS) is 22.9. The van der Waals surface area contributed by atoms with Crippen LogP contribution < -0.4 is 10.1 Å². The van der Waals surface area contributed by atoms with E-state index in [1.54, 1.807) is 19.5 Å². The second kappa shape index (κ2) is 10.2. The Morgan fingerprint density at radius 1 is 1.17 bits per heavy atom. The SMILES string of the molecule is COc1ccc(C(C)(O)/C2=C\CC(C)C/C=C\C2=NCCNc2ccncc2)cc1. The molecule has 1 aromatic heterocycles. The fraction of sp³-hybridized carbons (Fsp3) is 0.360. The molecule has 1 aromatic carbocycles. The van der Waals surface area contributed by atoms with Crippen molar-refractivity contribution in [1.29, 1.82) is 0 Å². The maximum Gasteiger partial charge on any atom is 0.118 e. The molecule has 5 nitrogen and oxygen atoms in total. The van der Waals surface area contributed by atoms with Gasteiger partial charge in [0.1, 0.15) is 11.4 Å². The van der Waals surface area contributed by atoms with Crippen molar-refractivity contribution in [1.82, 2.24) is 4.98 Å². The Hall–Kier alpha value is -2.92. The van der Waals surface area contributed by atoms with Crippen LogP contribution >= 0.6 is 0 Å². The van der Waals surface area contributed by atoms with Crippen LogP contribution in [0, 0.1) is 5.92 Å². The van der Waals surface area contributed by atoms with E-state index in [9.17, 15) is 5.11 Å². The number of allylic oxidation sites excluding steroid dienone is 3. The summed E-state index contributed by atoms with van der Waals surface area (Å²) in [6.45, 7) is 5.37. The first kappa shape index (κ1) is 21.8. The minimum absolute atomic E-state index is 0.526. The van der Waals surface area contributed by atoms with Gasteiger partial charge >= 0.3 is 0 Å². The summed E-state index contributed by atoms with van der Waals surface area (Å²) < 4.78 is 5.26. The number of pyridine rings is 1. The van der Waals surface area contributed by atoms with Crippen molar-refractivity contribution >= 4 is 11.4 Å². The molecule has 2 N–H and O–H groups in total. The van der Waals surface area contributed by atoms with E-state index in [4.69, 9.17) is 9.73 Å². The number of methoxy groups -OCH3 is 1. The summed E-state index contributed by atoms with van der Waals surface area (Å²) in [4.78, 5) is 8.86. The Morgan fingerprint density at radius 3 is 2.60 bits per heavy atom. The number of nitrogens with zero attached hydrogens (tertiary/aromatic N) is 2. The number of benzene rings is 1. The summed E-state index contributed by atoms with van der Waals surface area (Å²) in [5, 5.41) is 14.9. The van der Waals surface area contributed by atoms with Crippen LogP contribution in [0.2, 0.25) is 0 Å². The molecule has 158 valence electrons. The number of rotatable bonds is 7. The van der Waals surface area contributed by atoms with E-state index >= 15 is 0 Å². The van der Waals surface area contributed by atoms with Crippen LogP contribution in [0.15, 0.2) is 77.6 Å². The van der Waals surface area contributed by atoms with Gasteiger partial charge in [-0.2, -0.15) is 0 Å². The van der Waals surface area contributed by atoms with Gasteiger partial charge in [0, 0.05) is 30.2 Å². The molecule has 0 saturated heterocycles. The Labute approximate surface area is 179 Å². The van der Waals surface area contributed by atoms with E-state index in [1.165, 1.54) is 0 Å².